The van der Waals surface area contributed by atoms with Crippen LogP contribution >= 0.6 is 11.3 Å². The highest BCUT2D eigenvalue weighted by Gasteiger charge is 2.13. The highest BCUT2D eigenvalue weighted by Crippen LogP contribution is 2.18. The van der Waals surface area contributed by atoms with Crippen LogP contribution in [0.5, 0.6) is 0 Å². The van der Waals surface area contributed by atoms with Crippen molar-refractivity contribution in [3.8, 4) is 0 Å². The molecule has 110 valence electrons. The van der Waals surface area contributed by atoms with E-state index in [0.29, 0.717) is 11.7 Å². The molecule has 0 unspecified atom stereocenters. The predicted octanol–water partition coefficient (Wildman–Crippen LogP) is 2.46. The van der Waals surface area contributed by atoms with Crippen molar-refractivity contribution in [3.63, 3.8) is 0 Å². The summed E-state index contributed by atoms with van der Waals surface area (Å²) in [4.78, 5) is 22.4. The number of carbonyl (C=O) groups excluding carboxylic acids is 1. The monoisotopic (exact) mass is 303 g/mol. The number of carbonyl (C=O) groups is 1. The molecule has 0 aromatic carbocycles. The van der Waals surface area contributed by atoms with Crippen LogP contribution in [0.4, 0.5) is 15.7 Å². The smallest absolute Gasteiger partial charge is 0.321 e. The average Bonchev–Trinajstić information content (AvgIpc) is 3.19. The van der Waals surface area contributed by atoms with E-state index >= 15 is 0 Å². The Morgan fingerprint density at radius 3 is 2.90 bits per heavy atom. The normalized spacial score (nSPS) is 14.2. The first-order chi connectivity index (χ1) is 10.3. The summed E-state index contributed by atoms with van der Waals surface area (Å²) in [7, 11) is 0. The fraction of sp³-hybridized carbons (Fsp3) is 0.357. The van der Waals surface area contributed by atoms with Crippen LogP contribution in [-0.2, 0) is 6.54 Å². The van der Waals surface area contributed by atoms with Crippen molar-refractivity contribution in [3.05, 3.63) is 35.5 Å². The minimum Gasteiger partial charge on any atom is -0.357 e. The van der Waals surface area contributed by atoms with Gasteiger partial charge in [0.15, 0.2) is 5.13 Å². The van der Waals surface area contributed by atoms with Crippen molar-refractivity contribution in [1.82, 2.24) is 15.3 Å². The number of nitrogens with zero attached hydrogens (tertiary/aromatic N) is 3. The fourth-order valence-corrected chi connectivity index (χ4v) is 2.82. The first-order valence-corrected chi connectivity index (χ1v) is 7.83. The topological polar surface area (TPSA) is 70.2 Å². The molecule has 7 heteroatoms. The molecular formula is C14H17N5OS. The molecule has 1 saturated heterocycles. The molecule has 1 aliphatic heterocycles. The maximum absolute atomic E-state index is 11.7. The second-order valence-corrected chi connectivity index (χ2v) is 5.76. The zero-order chi connectivity index (χ0) is 14.5. The molecule has 0 aliphatic carbocycles. The van der Waals surface area contributed by atoms with Crippen LogP contribution < -0.4 is 15.5 Å². The van der Waals surface area contributed by atoms with E-state index in [2.05, 4.69) is 25.5 Å². The number of hydrogen-bond donors (Lipinski definition) is 2. The molecule has 3 heterocycles. The quantitative estimate of drug-likeness (QED) is 0.910. The summed E-state index contributed by atoms with van der Waals surface area (Å²) < 4.78 is 0. The summed E-state index contributed by atoms with van der Waals surface area (Å²) in [5.41, 5.74) is 1.04. The number of rotatable bonds is 4. The molecule has 0 spiro atoms. The number of nitrogens with one attached hydrogen (secondary N) is 2. The molecule has 21 heavy (non-hydrogen) atoms. The molecule has 3 rings (SSSR count). The van der Waals surface area contributed by atoms with E-state index in [0.717, 1.165) is 24.5 Å². The number of thiazole rings is 1. The molecule has 2 N–H and O–H groups in total. The summed E-state index contributed by atoms with van der Waals surface area (Å²) in [5, 5.41) is 7.94. The lowest BCUT2D eigenvalue weighted by Gasteiger charge is -2.17. The highest BCUT2D eigenvalue weighted by molar-refractivity contribution is 7.13. The molecule has 2 aromatic rings. The lowest BCUT2D eigenvalue weighted by Crippen LogP contribution is -2.28. The Bertz CT molecular complexity index is 595. The van der Waals surface area contributed by atoms with Crippen LogP contribution in [0.25, 0.3) is 0 Å². The molecule has 0 bridgehead atoms. The van der Waals surface area contributed by atoms with Gasteiger partial charge in [0.05, 0.1) is 0 Å². The molecule has 1 fully saturated rings. The predicted molar refractivity (Wildman–Crippen MR) is 83.7 cm³/mol. The summed E-state index contributed by atoms with van der Waals surface area (Å²) in [6.07, 6.45) is 5.90. The van der Waals surface area contributed by atoms with Crippen molar-refractivity contribution in [1.29, 1.82) is 0 Å². The van der Waals surface area contributed by atoms with Gasteiger partial charge in [0.25, 0.3) is 0 Å². The van der Waals surface area contributed by atoms with E-state index in [1.807, 2.05) is 17.5 Å². The minimum atomic E-state index is -0.246. The van der Waals surface area contributed by atoms with E-state index in [4.69, 9.17) is 0 Å². The summed E-state index contributed by atoms with van der Waals surface area (Å²) in [6, 6.07) is 3.71. The van der Waals surface area contributed by atoms with Gasteiger partial charge in [-0.3, -0.25) is 5.32 Å². The molecular weight excluding hydrogens is 286 g/mol. The molecule has 2 amide bonds. The Morgan fingerprint density at radius 2 is 2.14 bits per heavy atom. The Labute approximate surface area is 127 Å². The maximum atomic E-state index is 11.7. The number of pyridine rings is 1. The van der Waals surface area contributed by atoms with E-state index in [1.165, 1.54) is 24.2 Å². The minimum absolute atomic E-state index is 0.246. The SMILES string of the molecule is O=C(NCc1ccnc(N2CCCC2)c1)Nc1nccs1. The summed E-state index contributed by atoms with van der Waals surface area (Å²) in [6.45, 7) is 2.60. The van der Waals surface area contributed by atoms with Crippen LogP contribution in [0, 0.1) is 0 Å². The van der Waals surface area contributed by atoms with Crippen molar-refractivity contribution < 1.29 is 4.79 Å². The third-order valence-electron chi connectivity index (χ3n) is 3.35. The van der Waals surface area contributed by atoms with Crippen LogP contribution in [0.1, 0.15) is 18.4 Å². The first kappa shape index (κ1) is 13.8. The first-order valence-electron chi connectivity index (χ1n) is 6.95. The van der Waals surface area contributed by atoms with E-state index in [1.54, 1.807) is 12.4 Å². The molecule has 2 aromatic heterocycles. The zero-order valence-corrected chi connectivity index (χ0v) is 12.4. The van der Waals surface area contributed by atoms with Gasteiger partial charge in [0, 0.05) is 37.4 Å². The number of hydrogen-bond acceptors (Lipinski definition) is 5. The zero-order valence-electron chi connectivity index (χ0n) is 11.6. The molecule has 0 atom stereocenters. The maximum Gasteiger partial charge on any atom is 0.321 e. The average molecular weight is 303 g/mol. The Kier molecular flexibility index (Phi) is 4.30. The van der Waals surface area contributed by atoms with E-state index < -0.39 is 0 Å². The fourth-order valence-electron chi connectivity index (χ4n) is 2.30. The number of amides is 2. The number of anilines is 2. The van der Waals surface area contributed by atoms with Crippen LogP contribution in [0.2, 0.25) is 0 Å². The van der Waals surface area contributed by atoms with Crippen LogP contribution in [0.15, 0.2) is 29.9 Å². The Hall–Kier alpha value is -2.15. The van der Waals surface area contributed by atoms with Gasteiger partial charge in [-0.2, -0.15) is 0 Å². The van der Waals surface area contributed by atoms with E-state index in [9.17, 15) is 4.79 Å². The molecule has 1 aliphatic rings. The summed E-state index contributed by atoms with van der Waals surface area (Å²) >= 11 is 1.39. The standard InChI is InChI=1S/C14H17N5OS/c20-13(18-14-16-5-8-21-14)17-10-11-3-4-15-12(9-11)19-6-1-2-7-19/h3-5,8-9H,1-2,6-7,10H2,(H2,16,17,18,20). The molecule has 0 radical (unpaired) electrons. The van der Waals surface area contributed by atoms with E-state index in [-0.39, 0.29) is 6.03 Å². The molecule has 6 nitrogen and oxygen atoms in total. The van der Waals surface area contributed by atoms with Gasteiger partial charge in [0.1, 0.15) is 5.82 Å². The van der Waals surface area contributed by atoms with Gasteiger partial charge in [0.2, 0.25) is 0 Å². The second kappa shape index (κ2) is 6.53. The van der Waals surface area contributed by atoms with Gasteiger partial charge >= 0.3 is 6.03 Å². The lowest BCUT2D eigenvalue weighted by atomic mass is 10.2. The van der Waals surface area contributed by atoms with Crippen molar-refractivity contribution >= 4 is 28.3 Å². The lowest BCUT2D eigenvalue weighted by molar-refractivity contribution is 0.251. The van der Waals surface area contributed by atoms with Crippen LogP contribution in [0.3, 0.4) is 0 Å². The van der Waals surface area contributed by atoms with Crippen molar-refractivity contribution in [2.24, 2.45) is 0 Å². The van der Waals surface area contributed by atoms with Crippen molar-refractivity contribution in [2.45, 2.75) is 19.4 Å². The van der Waals surface area contributed by atoms with Crippen molar-refractivity contribution in [2.75, 3.05) is 23.3 Å². The highest BCUT2D eigenvalue weighted by atomic mass is 32.1. The van der Waals surface area contributed by atoms with Gasteiger partial charge in [-0.05, 0) is 30.5 Å². The molecule has 0 saturated carbocycles. The Balaban J connectivity index is 1.55. The third kappa shape index (κ3) is 3.69. The third-order valence-corrected chi connectivity index (χ3v) is 4.03. The second-order valence-electron chi connectivity index (χ2n) is 4.86. The van der Waals surface area contributed by atoms with Gasteiger partial charge < -0.3 is 10.2 Å². The number of aromatic nitrogens is 2. The van der Waals surface area contributed by atoms with Gasteiger partial charge in [-0.25, -0.2) is 14.8 Å². The summed E-state index contributed by atoms with van der Waals surface area (Å²) in [5.74, 6) is 0.993. The van der Waals surface area contributed by atoms with Gasteiger partial charge in [-0.1, -0.05) is 0 Å². The number of urea groups is 1. The Morgan fingerprint density at radius 1 is 1.29 bits per heavy atom. The largest absolute Gasteiger partial charge is 0.357 e. The van der Waals surface area contributed by atoms with Crippen LogP contribution in [-0.4, -0.2) is 29.1 Å². The van der Waals surface area contributed by atoms with Gasteiger partial charge in [-0.15, -0.1) is 11.3 Å².